The summed E-state index contributed by atoms with van der Waals surface area (Å²) in [5.41, 5.74) is 2.21. The molecular weight excluding hydrogens is 438 g/mol. The van der Waals surface area contributed by atoms with Crippen molar-refractivity contribution >= 4 is 34.6 Å². The first-order chi connectivity index (χ1) is 16.0. The minimum absolute atomic E-state index is 0.0511. The van der Waals surface area contributed by atoms with Crippen molar-refractivity contribution in [3.63, 3.8) is 0 Å². The van der Waals surface area contributed by atoms with E-state index in [9.17, 15) is 9.59 Å². The molecule has 2 aromatic rings. The molecule has 33 heavy (non-hydrogen) atoms. The summed E-state index contributed by atoms with van der Waals surface area (Å²) in [7, 11) is 1.81. The summed E-state index contributed by atoms with van der Waals surface area (Å²) in [6.45, 7) is 8.44. The number of benzene rings is 1. The molecule has 3 amide bonds. The number of ether oxygens (including phenoxy) is 1. The predicted octanol–water partition coefficient (Wildman–Crippen LogP) is 4.17. The van der Waals surface area contributed by atoms with Crippen LogP contribution in [-0.2, 0) is 4.74 Å². The first-order valence-electron chi connectivity index (χ1n) is 11.7. The highest BCUT2D eigenvalue weighted by molar-refractivity contribution is 7.10. The van der Waals surface area contributed by atoms with E-state index in [-0.39, 0.29) is 17.9 Å². The third-order valence-corrected chi connectivity index (χ3v) is 6.79. The Labute approximate surface area is 200 Å². The first kappa shape index (κ1) is 25.0. The van der Waals surface area contributed by atoms with Crippen LogP contribution in [0.15, 0.2) is 29.6 Å². The van der Waals surface area contributed by atoms with Crippen LogP contribution in [0, 0.1) is 0 Å². The van der Waals surface area contributed by atoms with E-state index < -0.39 is 0 Å². The molecule has 1 aromatic carbocycles. The van der Waals surface area contributed by atoms with Gasteiger partial charge in [0.25, 0.3) is 5.91 Å². The lowest BCUT2D eigenvalue weighted by Crippen LogP contribution is -2.38. The fraction of sp³-hybridized carbons (Fsp3) is 0.542. The average Bonchev–Trinajstić information content (AvgIpc) is 3.34. The van der Waals surface area contributed by atoms with Crippen LogP contribution in [0.1, 0.15) is 54.5 Å². The Morgan fingerprint density at radius 3 is 2.73 bits per heavy atom. The number of morpholine rings is 1. The molecule has 1 fully saturated rings. The van der Waals surface area contributed by atoms with Gasteiger partial charge in [-0.15, -0.1) is 11.3 Å². The van der Waals surface area contributed by atoms with Gasteiger partial charge < -0.3 is 25.2 Å². The lowest BCUT2D eigenvalue weighted by Gasteiger charge is -2.30. The molecule has 9 heteroatoms. The molecule has 1 atom stereocenters. The predicted molar refractivity (Wildman–Crippen MR) is 134 cm³/mol. The molecule has 8 nitrogen and oxygen atoms in total. The number of carbonyl (C=O) groups excluding carboxylic acids is 2. The van der Waals surface area contributed by atoms with Gasteiger partial charge in [-0.05, 0) is 31.4 Å². The normalized spacial score (nSPS) is 14.6. The van der Waals surface area contributed by atoms with E-state index in [2.05, 4.69) is 27.4 Å². The van der Waals surface area contributed by atoms with Crippen LogP contribution in [0.3, 0.4) is 0 Å². The Morgan fingerprint density at radius 2 is 2.00 bits per heavy atom. The molecule has 2 heterocycles. The van der Waals surface area contributed by atoms with Crippen molar-refractivity contribution in [3.05, 3.63) is 40.3 Å². The van der Waals surface area contributed by atoms with Crippen LogP contribution in [0.5, 0.6) is 0 Å². The van der Waals surface area contributed by atoms with Crippen LogP contribution in [0.4, 0.5) is 16.2 Å². The number of rotatable bonds is 10. The summed E-state index contributed by atoms with van der Waals surface area (Å²) in [5.74, 6) is 0.00253. The molecule has 3 rings (SSSR count). The molecule has 180 valence electrons. The molecule has 0 radical (unpaired) electrons. The molecule has 1 aromatic heterocycles. The van der Waals surface area contributed by atoms with Gasteiger partial charge in [0.05, 0.1) is 29.6 Å². The van der Waals surface area contributed by atoms with Gasteiger partial charge in [0.2, 0.25) is 0 Å². The molecule has 2 N–H and O–H groups in total. The maximum atomic E-state index is 13.0. The lowest BCUT2D eigenvalue weighted by molar-refractivity contribution is 0.102. The first-order valence-corrected chi connectivity index (χ1v) is 12.6. The third-order valence-electron chi connectivity index (χ3n) is 5.79. The fourth-order valence-electron chi connectivity index (χ4n) is 3.75. The van der Waals surface area contributed by atoms with Gasteiger partial charge >= 0.3 is 6.03 Å². The molecule has 1 aliphatic rings. The molecule has 0 bridgehead atoms. The van der Waals surface area contributed by atoms with Gasteiger partial charge in [-0.25, -0.2) is 9.78 Å². The van der Waals surface area contributed by atoms with Crippen molar-refractivity contribution in [1.29, 1.82) is 0 Å². The van der Waals surface area contributed by atoms with Gasteiger partial charge in [-0.3, -0.25) is 4.79 Å². The maximum absolute atomic E-state index is 13.0. The number of aromatic nitrogens is 1. The second kappa shape index (κ2) is 12.6. The summed E-state index contributed by atoms with van der Waals surface area (Å²) in [6, 6.07) is 7.79. The zero-order valence-electron chi connectivity index (χ0n) is 19.8. The fourth-order valence-corrected chi connectivity index (χ4v) is 4.77. The number of hydrogen-bond acceptors (Lipinski definition) is 6. The average molecular weight is 474 g/mol. The van der Waals surface area contributed by atoms with E-state index in [0.717, 1.165) is 48.7 Å². The number of anilines is 2. The maximum Gasteiger partial charge on any atom is 0.317 e. The van der Waals surface area contributed by atoms with Crippen LogP contribution in [0.2, 0.25) is 0 Å². The standard InChI is InChI=1S/C24H35N5O3S/c1-4-11-25-24(31)28(3)12-10-18(5-2)23-27-20(17-33-23)22(30)26-19-8-6-7-9-21(19)29-13-15-32-16-14-29/h6-9,17-18H,4-5,10-16H2,1-3H3,(H,25,31)(H,26,30). The summed E-state index contributed by atoms with van der Waals surface area (Å²) in [5, 5.41) is 8.69. The van der Waals surface area contributed by atoms with Crippen molar-refractivity contribution < 1.29 is 14.3 Å². The SMILES string of the molecule is CCCNC(=O)N(C)CCC(CC)c1nc(C(=O)Nc2ccccc2N2CCOCC2)cs1. The Hall–Kier alpha value is -2.65. The minimum Gasteiger partial charge on any atom is -0.378 e. The molecule has 0 aliphatic carbocycles. The van der Waals surface area contributed by atoms with Crippen LogP contribution in [0.25, 0.3) is 0 Å². The van der Waals surface area contributed by atoms with E-state index in [4.69, 9.17) is 4.74 Å². The lowest BCUT2D eigenvalue weighted by atomic mass is 10.0. The highest BCUT2D eigenvalue weighted by Gasteiger charge is 2.20. The minimum atomic E-state index is -0.205. The van der Waals surface area contributed by atoms with Crippen molar-refractivity contribution in [2.45, 2.75) is 39.0 Å². The number of urea groups is 1. The monoisotopic (exact) mass is 473 g/mol. The Morgan fingerprint density at radius 1 is 1.24 bits per heavy atom. The summed E-state index contributed by atoms with van der Waals surface area (Å²) < 4.78 is 5.45. The number of amides is 3. The smallest absolute Gasteiger partial charge is 0.317 e. The van der Waals surface area contributed by atoms with Gasteiger partial charge in [0, 0.05) is 44.5 Å². The van der Waals surface area contributed by atoms with Crippen molar-refractivity contribution in [2.24, 2.45) is 0 Å². The van der Waals surface area contributed by atoms with Crippen molar-refractivity contribution in [1.82, 2.24) is 15.2 Å². The quantitative estimate of drug-likeness (QED) is 0.541. The van der Waals surface area contributed by atoms with Gasteiger partial charge in [-0.2, -0.15) is 0 Å². The summed E-state index contributed by atoms with van der Waals surface area (Å²) in [4.78, 5) is 33.6. The number of hydrogen-bond donors (Lipinski definition) is 2. The highest BCUT2D eigenvalue weighted by Crippen LogP contribution is 2.29. The topological polar surface area (TPSA) is 86.8 Å². The van der Waals surface area contributed by atoms with E-state index in [0.29, 0.717) is 32.0 Å². The van der Waals surface area contributed by atoms with Gasteiger partial charge in [0.15, 0.2) is 0 Å². The molecule has 1 unspecified atom stereocenters. The van der Waals surface area contributed by atoms with Crippen LogP contribution in [-0.4, -0.2) is 68.3 Å². The van der Waals surface area contributed by atoms with E-state index in [1.54, 1.807) is 4.90 Å². The Kier molecular flexibility index (Phi) is 9.50. The van der Waals surface area contributed by atoms with Gasteiger partial charge in [0.1, 0.15) is 5.69 Å². The molecule has 0 spiro atoms. The molecule has 0 saturated carbocycles. The Bertz CT molecular complexity index is 913. The molecule has 1 aliphatic heterocycles. The number of thiazole rings is 1. The summed E-state index contributed by atoms with van der Waals surface area (Å²) >= 11 is 1.51. The number of nitrogens with zero attached hydrogens (tertiary/aromatic N) is 3. The Balaban J connectivity index is 1.61. The second-order valence-corrected chi connectivity index (χ2v) is 9.08. The highest BCUT2D eigenvalue weighted by atomic mass is 32.1. The zero-order chi connectivity index (χ0) is 23.6. The number of para-hydroxylation sites is 2. The van der Waals surface area contributed by atoms with E-state index >= 15 is 0 Å². The van der Waals surface area contributed by atoms with Crippen LogP contribution >= 0.6 is 11.3 Å². The van der Waals surface area contributed by atoms with E-state index in [1.165, 1.54) is 11.3 Å². The van der Waals surface area contributed by atoms with Crippen molar-refractivity contribution in [2.75, 3.05) is 56.7 Å². The zero-order valence-corrected chi connectivity index (χ0v) is 20.6. The molecule has 1 saturated heterocycles. The largest absolute Gasteiger partial charge is 0.378 e. The molecular formula is C24H35N5O3S. The van der Waals surface area contributed by atoms with Crippen molar-refractivity contribution in [3.8, 4) is 0 Å². The number of nitrogens with one attached hydrogen (secondary N) is 2. The van der Waals surface area contributed by atoms with E-state index in [1.807, 2.05) is 43.6 Å². The number of carbonyl (C=O) groups is 2. The third kappa shape index (κ3) is 6.91. The van der Waals surface area contributed by atoms with Gasteiger partial charge in [-0.1, -0.05) is 26.0 Å². The summed E-state index contributed by atoms with van der Waals surface area (Å²) in [6.07, 6.45) is 2.62. The second-order valence-electron chi connectivity index (χ2n) is 8.19. The van der Waals surface area contributed by atoms with Crippen LogP contribution < -0.4 is 15.5 Å².